The number of nitrogens with one attached hydrogen (secondary N) is 1. The number of hydrogen-bond acceptors (Lipinski definition) is 3. The molecule has 3 N–H and O–H groups in total. The monoisotopic (exact) mass is 211 g/mol. The fraction of sp³-hybridized carbons (Fsp3) is 0.727. The molecule has 15 heavy (non-hydrogen) atoms. The zero-order valence-corrected chi connectivity index (χ0v) is 9.41. The lowest BCUT2D eigenvalue weighted by molar-refractivity contribution is -0.119. The molecule has 0 bridgehead atoms. The van der Waals surface area contributed by atoms with Crippen LogP contribution in [-0.4, -0.2) is 43.0 Å². The maximum atomic E-state index is 11.0. The number of allylic oxidation sites excluding steroid dienone is 1. The van der Waals surface area contributed by atoms with Crippen molar-refractivity contribution in [2.45, 2.75) is 25.8 Å². The van der Waals surface area contributed by atoms with Crippen LogP contribution in [0.4, 0.5) is 0 Å². The van der Waals surface area contributed by atoms with Crippen molar-refractivity contribution in [1.29, 1.82) is 0 Å². The summed E-state index contributed by atoms with van der Waals surface area (Å²) in [4.78, 5) is 13.1. The number of hydrogen-bond donors (Lipinski definition) is 2. The highest BCUT2D eigenvalue weighted by molar-refractivity contribution is 5.76. The van der Waals surface area contributed by atoms with Gasteiger partial charge in [-0.3, -0.25) is 9.69 Å². The summed E-state index contributed by atoms with van der Waals surface area (Å²) in [5, 5.41) is 3.32. The van der Waals surface area contributed by atoms with E-state index in [0.717, 1.165) is 32.5 Å². The van der Waals surface area contributed by atoms with Crippen LogP contribution in [-0.2, 0) is 4.79 Å². The number of piperidine rings is 1. The maximum absolute atomic E-state index is 11.0. The molecule has 0 aromatic carbocycles. The molecule has 86 valence electrons. The van der Waals surface area contributed by atoms with Gasteiger partial charge < -0.3 is 11.1 Å². The average Bonchev–Trinajstić information content (AvgIpc) is 2.25. The van der Waals surface area contributed by atoms with Crippen LogP contribution in [0.1, 0.15) is 19.8 Å². The summed E-state index contributed by atoms with van der Waals surface area (Å²) in [6.45, 7) is 5.26. The summed E-state index contributed by atoms with van der Waals surface area (Å²) >= 11 is 0. The Morgan fingerprint density at radius 1 is 1.53 bits per heavy atom. The summed E-state index contributed by atoms with van der Waals surface area (Å²) < 4.78 is 0. The minimum Gasteiger partial charge on any atom is -0.369 e. The van der Waals surface area contributed by atoms with Gasteiger partial charge in [-0.1, -0.05) is 12.2 Å². The van der Waals surface area contributed by atoms with E-state index in [-0.39, 0.29) is 5.91 Å². The predicted molar refractivity (Wildman–Crippen MR) is 61.5 cm³/mol. The third kappa shape index (κ3) is 4.44. The van der Waals surface area contributed by atoms with E-state index in [1.807, 2.05) is 13.0 Å². The maximum Gasteiger partial charge on any atom is 0.231 e. The van der Waals surface area contributed by atoms with Crippen LogP contribution in [0.2, 0.25) is 0 Å². The molecular weight excluding hydrogens is 190 g/mol. The van der Waals surface area contributed by atoms with Gasteiger partial charge in [-0.05, 0) is 32.9 Å². The Kier molecular flexibility index (Phi) is 5.36. The standard InChI is InChI=1S/C11H21N3O/c1-2-3-8-14(9-11(12)15)10-4-6-13-7-5-10/h2-3,10,13H,4-9H2,1H3,(H2,12,15)/b3-2+. The molecule has 4 heteroatoms. The fourth-order valence-electron chi connectivity index (χ4n) is 1.96. The van der Waals surface area contributed by atoms with Gasteiger partial charge in [0.15, 0.2) is 0 Å². The summed E-state index contributed by atoms with van der Waals surface area (Å²) in [6.07, 6.45) is 6.29. The van der Waals surface area contributed by atoms with E-state index in [9.17, 15) is 4.79 Å². The molecule has 0 unspecified atom stereocenters. The first-order chi connectivity index (χ1) is 7.24. The summed E-state index contributed by atoms with van der Waals surface area (Å²) in [7, 11) is 0. The first-order valence-electron chi connectivity index (χ1n) is 5.58. The lowest BCUT2D eigenvalue weighted by Gasteiger charge is -2.33. The topological polar surface area (TPSA) is 58.4 Å². The molecule has 0 saturated carbocycles. The lowest BCUT2D eigenvalue weighted by atomic mass is 10.0. The van der Waals surface area contributed by atoms with Crippen LogP contribution in [0.5, 0.6) is 0 Å². The van der Waals surface area contributed by atoms with E-state index in [1.165, 1.54) is 0 Å². The van der Waals surface area contributed by atoms with Crippen LogP contribution < -0.4 is 11.1 Å². The van der Waals surface area contributed by atoms with Gasteiger partial charge in [0.1, 0.15) is 0 Å². The van der Waals surface area contributed by atoms with Crippen LogP contribution in [0, 0.1) is 0 Å². The summed E-state index contributed by atoms with van der Waals surface area (Å²) in [5.41, 5.74) is 5.25. The molecule has 1 aliphatic rings. The Bertz CT molecular complexity index is 222. The van der Waals surface area contributed by atoms with Gasteiger partial charge in [-0.15, -0.1) is 0 Å². The van der Waals surface area contributed by atoms with Crippen molar-refractivity contribution in [3.05, 3.63) is 12.2 Å². The minimum absolute atomic E-state index is 0.238. The summed E-state index contributed by atoms with van der Waals surface area (Å²) in [5.74, 6) is -0.238. The predicted octanol–water partition coefficient (Wildman–Crippen LogP) is 0.102. The molecule has 1 amide bonds. The van der Waals surface area contributed by atoms with Gasteiger partial charge in [0, 0.05) is 12.6 Å². The van der Waals surface area contributed by atoms with E-state index in [2.05, 4.69) is 16.3 Å². The number of carbonyl (C=O) groups is 1. The van der Waals surface area contributed by atoms with E-state index in [0.29, 0.717) is 12.6 Å². The van der Waals surface area contributed by atoms with Gasteiger partial charge in [-0.2, -0.15) is 0 Å². The molecule has 1 fully saturated rings. The van der Waals surface area contributed by atoms with Crippen molar-refractivity contribution in [2.75, 3.05) is 26.2 Å². The molecule has 1 saturated heterocycles. The highest BCUT2D eigenvalue weighted by Gasteiger charge is 2.20. The van der Waals surface area contributed by atoms with Gasteiger partial charge in [0.2, 0.25) is 5.91 Å². The molecule has 0 aromatic rings. The second-order valence-corrected chi connectivity index (χ2v) is 3.95. The third-order valence-electron chi connectivity index (χ3n) is 2.76. The smallest absolute Gasteiger partial charge is 0.231 e. The van der Waals surface area contributed by atoms with Gasteiger partial charge >= 0.3 is 0 Å². The van der Waals surface area contributed by atoms with Crippen molar-refractivity contribution in [3.8, 4) is 0 Å². The van der Waals surface area contributed by atoms with Crippen LogP contribution in [0.3, 0.4) is 0 Å². The van der Waals surface area contributed by atoms with Crippen LogP contribution in [0.25, 0.3) is 0 Å². The lowest BCUT2D eigenvalue weighted by Crippen LogP contribution is -2.46. The average molecular weight is 211 g/mol. The van der Waals surface area contributed by atoms with Crippen LogP contribution >= 0.6 is 0 Å². The van der Waals surface area contributed by atoms with Crippen LogP contribution in [0.15, 0.2) is 12.2 Å². The van der Waals surface area contributed by atoms with Gasteiger partial charge in [0.05, 0.1) is 6.54 Å². The second-order valence-electron chi connectivity index (χ2n) is 3.95. The molecule has 0 aromatic heterocycles. The normalized spacial score (nSPS) is 18.8. The fourth-order valence-corrected chi connectivity index (χ4v) is 1.96. The largest absolute Gasteiger partial charge is 0.369 e. The van der Waals surface area contributed by atoms with E-state index < -0.39 is 0 Å². The van der Waals surface area contributed by atoms with E-state index in [1.54, 1.807) is 0 Å². The molecular formula is C11H21N3O. The first kappa shape index (κ1) is 12.2. The SMILES string of the molecule is C/C=C/CN(CC(N)=O)C1CCNCC1. The Balaban J connectivity index is 2.48. The van der Waals surface area contributed by atoms with Crippen molar-refractivity contribution in [1.82, 2.24) is 10.2 Å². The quantitative estimate of drug-likeness (QED) is 0.634. The molecule has 0 aliphatic carbocycles. The van der Waals surface area contributed by atoms with Crippen molar-refractivity contribution in [3.63, 3.8) is 0 Å². The molecule has 0 radical (unpaired) electrons. The number of carbonyl (C=O) groups excluding carboxylic acids is 1. The van der Waals surface area contributed by atoms with E-state index >= 15 is 0 Å². The third-order valence-corrected chi connectivity index (χ3v) is 2.76. The number of nitrogens with two attached hydrogens (primary N) is 1. The molecule has 1 aliphatic heterocycles. The Morgan fingerprint density at radius 3 is 2.73 bits per heavy atom. The first-order valence-corrected chi connectivity index (χ1v) is 5.58. The number of rotatable bonds is 5. The zero-order chi connectivity index (χ0) is 11.1. The highest BCUT2D eigenvalue weighted by Crippen LogP contribution is 2.11. The number of amides is 1. The second kappa shape index (κ2) is 6.58. The summed E-state index contributed by atoms with van der Waals surface area (Å²) in [6, 6.07) is 0.495. The Labute approximate surface area is 91.5 Å². The molecule has 1 heterocycles. The van der Waals surface area contributed by atoms with Gasteiger partial charge in [0.25, 0.3) is 0 Å². The molecule has 0 atom stereocenters. The van der Waals surface area contributed by atoms with Crippen molar-refractivity contribution < 1.29 is 4.79 Å². The van der Waals surface area contributed by atoms with Gasteiger partial charge in [-0.25, -0.2) is 0 Å². The molecule has 0 spiro atoms. The zero-order valence-electron chi connectivity index (χ0n) is 9.41. The molecule has 4 nitrogen and oxygen atoms in total. The van der Waals surface area contributed by atoms with Crippen molar-refractivity contribution in [2.24, 2.45) is 5.73 Å². The highest BCUT2D eigenvalue weighted by atomic mass is 16.1. The van der Waals surface area contributed by atoms with Crippen molar-refractivity contribution >= 4 is 5.91 Å². The number of primary amides is 1. The molecule has 1 rings (SSSR count). The minimum atomic E-state index is -0.238. The Morgan fingerprint density at radius 2 is 2.20 bits per heavy atom. The van der Waals surface area contributed by atoms with E-state index in [4.69, 9.17) is 5.73 Å². The Hall–Kier alpha value is -0.870. The number of nitrogens with zero attached hydrogens (tertiary/aromatic N) is 1.